The average molecular weight is 1320 g/mol. The molecule has 0 spiro atoms. The van der Waals surface area contributed by atoms with E-state index >= 15 is 4.79 Å². The van der Waals surface area contributed by atoms with E-state index in [2.05, 4.69) is 303 Å². The van der Waals surface area contributed by atoms with Crippen molar-refractivity contribution in [3.05, 3.63) is 260 Å². The summed E-state index contributed by atoms with van der Waals surface area (Å²) in [6.45, 7) is 37.9. The molecule has 8 aromatic carbocycles. The summed E-state index contributed by atoms with van der Waals surface area (Å²) in [6.07, 6.45) is 13.0. The lowest BCUT2D eigenvalue weighted by molar-refractivity contribution is -0.108. The van der Waals surface area contributed by atoms with Crippen molar-refractivity contribution in [1.82, 2.24) is 0 Å². The molecule has 0 aromatic heterocycles. The molecule has 98 heavy (non-hydrogen) atoms. The van der Waals surface area contributed by atoms with E-state index in [4.69, 9.17) is 0 Å². The van der Waals surface area contributed by atoms with Crippen molar-refractivity contribution in [2.24, 2.45) is 0 Å². The molecule has 0 atom stereocenters. The fourth-order valence-electron chi connectivity index (χ4n) is 15.7. The Morgan fingerprint density at radius 3 is 0.765 bits per heavy atom. The molecule has 0 N–H and O–H groups in total. The first-order valence-electron chi connectivity index (χ1n) is 37.3. The second kappa shape index (κ2) is 34.4. The Bertz CT molecular complexity index is 4040. The van der Waals surface area contributed by atoms with Gasteiger partial charge in [-0.3, -0.25) is 4.79 Å². The Morgan fingerprint density at radius 1 is 0.276 bits per heavy atom. The summed E-state index contributed by atoms with van der Waals surface area (Å²) < 4.78 is 0. The van der Waals surface area contributed by atoms with Crippen LogP contribution < -0.4 is 0 Å². The lowest BCUT2D eigenvalue weighted by atomic mass is 9.88. The van der Waals surface area contributed by atoms with E-state index in [-0.39, 0.29) is 5.78 Å². The molecule has 1 aliphatic carbocycles. The molecular formula is C95H108OSi2. The second-order valence-electron chi connectivity index (χ2n) is 29.4. The Morgan fingerprint density at radius 2 is 0.510 bits per heavy atom. The fraction of sp³-hybridized carbons (Fsp3) is 0.358. The molecule has 0 saturated heterocycles. The van der Waals surface area contributed by atoms with Crippen LogP contribution in [0, 0.1) is 46.6 Å². The number of Topliss-reactive ketones (excluding diaryl/α,β-unsaturated/α-hetero) is 1. The third-order valence-corrected chi connectivity index (χ3v) is 33.8. The predicted octanol–water partition coefficient (Wildman–Crippen LogP) is 25.4. The fourth-order valence-corrected chi connectivity index (χ4v) is 26.2. The lowest BCUT2D eigenvalue weighted by Crippen LogP contribution is -2.43. The Balaban J connectivity index is 1.02. The molecule has 1 aliphatic rings. The van der Waals surface area contributed by atoms with Crippen LogP contribution in [-0.4, -0.2) is 21.9 Å². The van der Waals surface area contributed by atoms with E-state index in [1.165, 1.54) is 33.4 Å². The van der Waals surface area contributed by atoms with Crippen LogP contribution in [0.4, 0.5) is 0 Å². The van der Waals surface area contributed by atoms with E-state index in [0.717, 1.165) is 155 Å². The van der Waals surface area contributed by atoms with E-state index in [1.54, 1.807) is 0 Å². The number of benzene rings is 8. The molecule has 0 unspecified atom stereocenters. The highest BCUT2D eigenvalue weighted by Crippen LogP contribution is 2.50. The summed E-state index contributed by atoms with van der Waals surface area (Å²) in [6, 6.07) is 64.9. The van der Waals surface area contributed by atoms with Gasteiger partial charge in [0.05, 0.1) is 0 Å². The van der Waals surface area contributed by atoms with Crippen molar-refractivity contribution >= 4 is 44.2 Å². The highest BCUT2D eigenvalue weighted by Gasteiger charge is 2.43. The first kappa shape index (κ1) is 73.8. The maximum Gasteiger partial charge on any atom is 0.195 e. The molecule has 0 aliphatic heterocycles. The lowest BCUT2D eigenvalue weighted by Gasteiger charge is -2.38. The van der Waals surface area contributed by atoms with Gasteiger partial charge in [-0.15, -0.1) is 11.1 Å². The van der Waals surface area contributed by atoms with Crippen molar-refractivity contribution in [1.29, 1.82) is 0 Å². The average Bonchev–Trinajstić information content (AvgIpc) is 1.58. The highest BCUT2D eigenvalue weighted by atomic mass is 28.3. The number of rotatable bonds is 24. The molecule has 502 valence electrons. The molecule has 0 amide bonds. The van der Waals surface area contributed by atoms with Crippen LogP contribution in [0.5, 0.6) is 0 Å². The third kappa shape index (κ3) is 16.8. The number of carbonyl (C=O) groups excluding carboxylic acids is 1. The molecule has 9 rings (SSSR count). The van der Waals surface area contributed by atoms with Crippen LogP contribution in [0.25, 0.3) is 44.5 Å². The molecule has 0 fully saturated rings. The SMILES string of the molecule is CCCCc1cc(C#C[Si](C(C)C)(C(C)C)C(C)C)c(CCCC)cc1C#Cc1ccc(-c2ccc(C3=C(c4ccccc4)C(=O)C(c4ccccc4)=C3c3ccc(-c4ccc(C#Cc5cc(CCCC)c(C#C[Si](C(C)C)(C(C)C)C(C)C)cc5CCCC)cc4)cc3)cc2)cc1. The van der Waals surface area contributed by atoms with Gasteiger partial charge in [-0.1, -0.05) is 305 Å². The number of unbranched alkanes of at least 4 members (excludes halogenated alkanes) is 4. The largest absolute Gasteiger partial charge is 0.289 e. The van der Waals surface area contributed by atoms with Crippen molar-refractivity contribution in [2.45, 2.75) is 221 Å². The molecule has 0 saturated carbocycles. The Kier molecular flexibility index (Phi) is 25.9. The van der Waals surface area contributed by atoms with Gasteiger partial charge in [0.15, 0.2) is 5.78 Å². The van der Waals surface area contributed by atoms with Crippen LogP contribution >= 0.6 is 0 Å². The third-order valence-electron chi connectivity index (χ3n) is 21.2. The number of hydrogen-bond acceptors (Lipinski definition) is 1. The van der Waals surface area contributed by atoms with Gasteiger partial charge in [0, 0.05) is 55.7 Å². The maximum absolute atomic E-state index is 15.4. The topological polar surface area (TPSA) is 17.1 Å². The normalized spacial score (nSPS) is 12.5. The zero-order valence-corrected chi connectivity index (χ0v) is 64.2. The summed E-state index contributed by atoms with van der Waals surface area (Å²) in [5, 5.41) is 0. The zero-order chi connectivity index (χ0) is 70.1. The number of allylic oxidation sites excluding steroid dienone is 4. The summed E-state index contributed by atoms with van der Waals surface area (Å²) in [5.74, 6) is 22.3. The van der Waals surface area contributed by atoms with Crippen LogP contribution in [0.2, 0.25) is 33.2 Å². The van der Waals surface area contributed by atoms with Gasteiger partial charge in [-0.05, 0) is 200 Å². The summed E-state index contributed by atoms with van der Waals surface area (Å²) in [5.41, 5.74) is 35.0. The minimum atomic E-state index is -1.91. The minimum Gasteiger partial charge on any atom is -0.289 e. The number of ketones is 1. The van der Waals surface area contributed by atoms with Crippen LogP contribution in [0.1, 0.15) is 240 Å². The van der Waals surface area contributed by atoms with Gasteiger partial charge in [-0.2, -0.15) is 0 Å². The van der Waals surface area contributed by atoms with E-state index in [0.29, 0.717) is 44.4 Å². The molecular weight excluding hydrogens is 1210 g/mol. The zero-order valence-electron chi connectivity index (χ0n) is 62.2. The standard InChI is InChI=1S/C95H108OSi2/c1-17-21-31-83-65-89(59-61-97(67(5)6,68(7)8)69(9)10)85(33-23-19-3)63-87(83)49-43-73-39-45-75(46-40-73)77-51-55-81(56-52-77)91-92(94(80-37-29-26-30-38-80)95(96)93(91)79-35-27-25-28-36-79)82-57-53-78(54-58-82)76-47-41-74(42-48-76)44-50-88-64-86(34-24-20-4)90(66-84(88)32-22-18-2)60-62-98(70(11)12,71(13)14)72(15)16/h25-30,35-42,45-48,51-58,63-72H,17-24,31-34H2,1-16H3. The van der Waals surface area contributed by atoms with E-state index in [1.807, 2.05) is 36.4 Å². The molecule has 1 nitrogen and oxygen atoms in total. The molecule has 8 aromatic rings. The summed E-state index contributed by atoms with van der Waals surface area (Å²) >= 11 is 0. The quantitative estimate of drug-likeness (QED) is 0.0435. The van der Waals surface area contributed by atoms with Crippen molar-refractivity contribution in [3.8, 4) is 68.9 Å². The Hall–Kier alpha value is -8.42. The van der Waals surface area contributed by atoms with Gasteiger partial charge in [0.2, 0.25) is 0 Å². The predicted molar refractivity (Wildman–Crippen MR) is 430 cm³/mol. The van der Waals surface area contributed by atoms with Crippen LogP contribution in [0.3, 0.4) is 0 Å². The maximum atomic E-state index is 15.4. The summed E-state index contributed by atoms with van der Waals surface area (Å²) in [7, 11) is -3.82. The van der Waals surface area contributed by atoms with Crippen molar-refractivity contribution in [2.75, 3.05) is 0 Å². The monoisotopic (exact) mass is 1320 g/mol. The van der Waals surface area contributed by atoms with Gasteiger partial charge in [-0.25, -0.2) is 0 Å². The van der Waals surface area contributed by atoms with Crippen molar-refractivity contribution < 1.29 is 4.79 Å². The van der Waals surface area contributed by atoms with Crippen LogP contribution in [0.15, 0.2) is 182 Å². The van der Waals surface area contributed by atoms with Gasteiger partial charge < -0.3 is 0 Å². The molecule has 0 radical (unpaired) electrons. The molecule has 0 heterocycles. The minimum absolute atomic E-state index is 0.0254. The first-order valence-corrected chi connectivity index (χ1v) is 41.7. The van der Waals surface area contributed by atoms with Gasteiger partial charge in [0.25, 0.3) is 0 Å². The smallest absolute Gasteiger partial charge is 0.195 e. The summed E-state index contributed by atoms with van der Waals surface area (Å²) in [4.78, 5) is 15.4. The first-order chi connectivity index (χ1) is 47.3. The van der Waals surface area contributed by atoms with Gasteiger partial charge in [0.1, 0.15) is 16.1 Å². The Labute approximate surface area is 595 Å². The number of carbonyl (C=O) groups is 1. The highest BCUT2D eigenvalue weighted by molar-refractivity contribution is 6.91. The number of aryl methyl sites for hydroxylation is 4. The number of hydrogen-bond donors (Lipinski definition) is 0. The van der Waals surface area contributed by atoms with Gasteiger partial charge >= 0.3 is 0 Å². The van der Waals surface area contributed by atoms with Crippen LogP contribution in [-0.2, 0) is 30.5 Å². The van der Waals surface area contributed by atoms with Crippen molar-refractivity contribution in [3.63, 3.8) is 0 Å². The molecule has 0 bridgehead atoms. The van der Waals surface area contributed by atoms with E-state index in [9.17, 15) is 0 Å². The second-order valence-corrected chi connectivity index (χ2v) is 40.6. The molecule has 3 heteroatoms. The van der Waals surface area contributed by atoms with E-state index < -0.39 is 16.1 Å².